The maximum Gasteiger partial charge on any atom is 0.245 e. The van der Waals surface area contributed by atoms with Crippen LogP contribution in [0.5, 0.6) is 5.75 Å². The van der Waals surface area contributed by atoms with Crippen LogP contribution in [0.1, 0.15) is 72.4 Å². The molecule has 1 saturated heterocycles. The van der Waals surface area contributed by atoms with Crippen molar-refractivity contribution in [1.29, 1.82) is 0 Å². The van der Waals surface area contributed by atoms with Crippen molar-refractivity contribution in [1.82, 2.24) is 20.4 Å². The Morgan fingerprint density at radius 2 is 1.07 bits per heavy atom. The molecule has 0 aliphatic carbocycles. The molecule has 4 atom stereocenters. The van der Waals surface area contributed by atoms with Crippen molar-refractivity contribution in [2.24, 2.45) is 11.8 Å². The molecule has 2 N–H and O–H groups in total. The van der Waals surface area contributed by atoms with Gasteiger partial charge in [-0.05, 0) is 68.7 Å². The summed E-state index contributed by atoms with van der Waals surface area (Å²) in [6.45, 7) is 13.9. The summed E-state index contributed by atoms with van der Waals surface area (Å²) in [4.78, 5) is 59.0. The molecular weight excluding hydrogens is 568 g/mol. The zero-order chi connectivity index (χ0) is 33.5. The first kappa shape index (κ1) is 35.6. The average Bonchev–Trinajstić information content (AvgIpc) is 2.96. The van der Waals surface area contributed by atoms with Crippen molar-refractivity contribution < 1.29 is 23.9 Å². The molecule has 246 valence electrons. The van der Waals surface area contributed by atoms with Crippen LogP contribution in [-0.4, -0.2) is 77.3 Å². The Morgan fingerprint density at radius 1 is 0.667 bits per heavy atom. The van der Waals surface area contributed by atoms with E-state index < -0.39 is 36.0 Å². The average molecular weight is 621 g/mol. The topological polar surface area (TPSA) is 108 Å². The Hall–Kier alpha value is -3.88. The molecule has 9 nitrogen and oxygen atoms in total. The lowest BCUT2D eigenvalue weighted by molar-refractivity contribution is -0.148. The summed E-state index contributed by atoms with van der Waals surface area (Å²) in [6.07, 6.45) is 1.26. The van der Waals surface area contributed by atoms with E-state index in [1.54, 1.807) is 14.1 Å². The van der Waals surface area contributed by atoms with Gasteiger partial charge in [-0.2, -0.15) is 0 Å². The summed E-state index contributed by atoms with van der Waals surface area (Å²) in [6, 6.07) is 13.4. The molecule has 1 fully saturated rings. The lowest BCUT2D eigenvalue weighted by Crippen LogP contribution is -2.62. The normalized spacial score (nSPS) is 22.2. The second kappa shape index (κ2) is 15.4. The fraction of sp³-hybridized carbons (Fsp3) is 0.556. The van der Waals surface area contributed by atoms with Crippen molar-refractivity contribution in [3.8, 4) is 5.75 Å². The minimum absolute atomic E-state index is 0.0914. The number of nitrogens with one attached hydrogen (secondary N) is 2. The van der Waals surface area contributed by atoms with Crippen molar-refractivity contribution in [3.05, 3.63) is 65.7 Å². The minimum atomic E-state index is -0.947. The summed E-state index contributed by atoms with van der Waals surface area (Å²) in [5, 5.41) is 5.97. The number of carbonyl (C=O) groups excluding carboxylic acids is 4. The highest BCUT2D eigenvalue weighted by Crippen LogP contribution is 2.22. The van der Waals surface area contributed by atoms with Crippen LogP contribution in [0.25, 0.3) is 0 Å². The zero-order valence-corrected chi connectivity index (χ0v) is 28.4. The third-order valence-corrected chi connectivity index (χ3v) is 7.92. The quantitative estimate of drug-likeness (QED) is 0.433. The van der Waals surface area contributed by atoms with Crippen LogP contribution in [0, 0.1) is 11.8 Å². The lowest BCUT2D eigenvalue weighted by Gasteiger charge is -2.37. The van der Waals surface area contributed by atoms with Gasteiger partial charge in [0.2, 0.25) is 23.6 Å². The second-order valence-electron chi connectivity index (χ2n) is 14.1. The van der Waals surface area contributed by atoms with Crippen LogP contribution in [0.4, 0.5) is 0 Å². The molecular formula is C36H52N4O5. The van der Waals surface area contributed by atoms with Crippen LogP contribution in [0.15, 0.2) is 54.6 Å². The smallest absolute Gasteiger partial charge is 0.245 e. The Bertz CT molecular complexity index is 1290. The Morgan fingerprint density at radius 3 is 1.44 bits per heavy atom. The maximum atomic E-state index is 14.2. The molecule has 45 heavy (non-hydrogen) atoms. The van der Waals surface area contributed by atoms with Gasteiger partial charge in [-0.3, -0.25) is 19.2 Å². The number of rotatable bonds is 9. The summed E-state index contributed by atoms with van der Waals surface area (Å²) in [5.41, 5.74) is 1.35. The standard InChI is InChI=1S/C36H52N4O5/c1-23(2)19-30-32(41)37-28(21-25-13-11-10-12-14-25)34(43)39(8)31(20-24(3)4)33(42)38-29(35(44)40(30)9)22-26-15-17-27(18-16-26)45-36(5,6)7/h10-18,23-24,28-31H,19-22H2,1-9H3,(H,37,41)(H,38,42)/t28?,29-,30-,31-/m0/s1. The number of likely N-dealkylation sites (N-methyl/N-ethyl adjacent to an activating group) is 2. The first-order chi connectivity index (χ1) is 21.1. The van der Waals surface area contributed by atoms with Crippen molar-refractivity contribution in [2.75, 3.05) is 14.1 Å². The molecule has 0 spiro atoms. The molecule has 3 rings (SSSR count). The molecule has 1 unspecified atom stereocenters. The minimum Gasteiger partial charge on any atom is -0.488 e. The fourth-order valence-corrected chi connectivity index (χ4v) is 5.64. The van der Waals surface area contributed by atoms with Crippen molar-refractivity contribution in [3.63, 3.8) is 0 Å². The number of nitrogens with zero attached hydrogens (tertiary/aromatic N) is 2. The van der Waals surface area contributed by atoms with E-state index in [1.165, 1.54) is 9.80 Å². The highest BCUT2D eigenvalue weighted by Gasteiger charge is 2.39. The molecule has 1 aliphatic heterocycles. The van der Waals surface area contributed by atoms with Gasteiger partial charge >= 0.3 is 0 Å². The van der Waals surface area contributed by atoms with Crippen LogP contribution in [-0.2, 0) is 32.0 Å². The molecule has 2 aromatic rings. The number of ether oxygens (including phenoxy) is 1. The van der Waals surface area contributed by atoms with Crippen molar-refractivity contribution in [2.45, 2.75) is 104 Å². The van der Waals surface area contributed by atoms with E-state index in [0.29, 0.717) is 18.6 Å². The van der Waals surface area contributed by atoms with Crippen molar-refractivity contribution >= 4 is 23.6 Å². The SMILES string of the molecule is CC(C)C[C@H]1C(=O)N[C@@H](Cc2ccc(OC(C)(C)C)cc2)C(=O)N(C)[C@@H](CC(C)C)C(=O)NC(Cc2ccccc2)C(=O)N1C. The van der Waals surface area contributed by atoms with Gasteiger partial charge in [0.05, 0.1) is 0 Å². The molecule has 9 heteroatoms. The van der Waals surface area contributed by atoms with E-state index in [1.807, 2.05) is 103 Å². The second-order valence-corrected chi connectivity index (χ2v) is 14.1. The number of benzene rings is 2. The van der Waals surface area contributed by atoms with E-state index in [9.17, 15) is 19.2 Å². The first-order valence-electron chi connectivity index (χ1n) is 16.0. The molecule has 0 radical (unpaired) electrons. The molecule has 0 saturated carbocycles. The lowest BCUT2D eigenvalue weighted by atomic mass is 9.96. The molecule has 1 aliphatic rings. The van der Waals surface area contributed by atoms with Gasteiger partial charge in [0.25, 0.3) is 0 Å². The van der Waals surface area contributed by atoms with Crippen LogP contribution < -0.4 is 15.4 Å². The summed E-state index contributed by atoms with van der Waals surface area (Å²) < 4.78 is 5.95. The van der Waals surface area contributed by atoms with Crippen LogP contribution >= 0.6 is 0 Å². The number of carbonyl (C=O) groups is 4. The van der Waals surface area contributed by atoms with Gasteiger partial charge in [-0.25, -0.2) is 0 Å². The fourth-order valence-electron chi connectivity index (χ4n) is 5.64. The third kappa shape index (κ3) is 10.3. The van der Waals surface area contributed by atoms with Gasteiger partial charge in [0.15, 0.2) is 0 Å². The maximum absolute atomic E-state index is 14.2. The summed E-state index contributed by atoms with van der Waals surface area (Å²) >= 11 is 0. The molecule has 0 aromatic heterocycles. The van der Waals surface area contributed by atoms with Gasteiger partial charge in [0, 0.05) is 26.9 Å². The monoisotopic (exact) mass is 620 g/mol. The van der Waals surface area contributed by atoms with Gasteiger partial charge in [0.1, 0.15) is 35.5 Å². The van der Waals surface area contributed by atoms with E-state index in [2.05, 4.69) is 10.6 Å². The molecule has 1 heterocycles. The zero-order valence-electron chi connectivity index (χ0n) is 28.4. The number of amides is 4. The van der Waals surface area contributed by atoms with Crippen LogP contribution in [0.3, 0.4) is 0 Å². The summed E-state index contributed by atoms with van der Waals surface area (Å²) in [5.74, 6) is -0.620. The first-order valence-corrected chi connectivity index (χ1v) is 16.0. The third-order valence-electron chi connectivity index (χ3n) is 7.92. The molecule has 0 bridgehead atoms. The highest BCUT2D eigenvalue weighted by molar-refractivity contribution is 5.97. The van der Waals surface area contributed by atoms with Gasteiger partial charge in [-0.1, -0.05) is 70.2 Å². The summed E-state index contributed by atoms with van der Waals surface area (Å²) in [7, 11) is 3.21. The van der Waals surface area contributed by atoms with E-state index in [0.717, 1.165) is 11.1 Å². The highest BCUT2D eigenvalue weighted by atomic mass is 16.5. The predicted molar refractivity (Wildman–Crippen MR) is 177 cm³/mol. The Balaban J connectivity index is 2.03. The Labute approximate surface area is 269 Å². The molecule has 2 aromatic carbocycles. The predicted octanol–water partition coefficient (Wildman–Crippen LogP) is 4.38. The molecule has 4 amide bonds. The van der Waals surface area contributed by atoms with E-state index in [4.69, 9.17) is 4.74 Å². The van der Waals surface area contributed by atoms with Gasteiger partial charge in [-0.15, -0.1) is 0 Å². The number of hydrogen-bond acceptors (Lipinski definition) is 5. The van der Waals surface area contributed by atoms with Crippen LogP contribution in [0.2, 0.25) is 0 Å². The van der Waals surface area contributed by atoms with E-state index in [-0.39, 0.29) is 42.1 Å². The van der Waals surface area contributed by atoms with E-state index >= 15 is 0 Å². The largest absolute Gasteiger partial charge is 0.488 e. The Kier molecular flexibility index (Phi) is 12.2. The number of hydrogen-bond donors (Lipinski definition) is 2. The van der Waals surface area contributed by atoms with Gasteiger partial charge < -0.3 is 25.2 Å².